The fourth-order valence-corrected chi connectivity index (χ4v) is 3.35. The van der Waals surface area contributed by atoms with Crippen LogP contribution in [0.5, 0.6) is 0 Å². The quantitative estimate of drug-likeness (QED) is 0.753. The van der Waals surface area contributed by atoms with Crippen molar-refractivity contribution < 1.29 is 4.79 Å². The molecule has 1 atom stereocenters. The van der Waals surface area contributed by atoms with Crippen LogP contribution in [0.1, 0.15) is 39.9 Å². The van der Waals surface area contributed by atoms with Gasteiger partial charge < -0.3 is 0 Å². The van der Waals surface area contributed by atoms with Crippen LogP contribution in [-0.2, 0) is 0 Å². The molecule has 0 N–H and O–H groups in total. The number of nitrogens with zero attached hydrogens (tertiary/aromatic N) is 1. The molecule has 16 heavy (non-hydrogen) atoms. The van der Waals surface area contributed by atoms with Crippen molar-refractivity contribution in [1.82, 2.24) is 4.90 Å². The minimum absolute atomic E-state index is 0.288. The summed E-state index contributed by atoms with van der Waals surface area (Å²) in [4.78, 5) is 16.8. The third-order valence-corrected chi connectivity index (χ3v) is 4.34. The minimum atomic E-state index is 0.288. The molecule has 3 heteroatoms. The second kappa shape index (κ2) is 4.68. The normalized spacial score (nSPS) is 21.6. The van der Waals surface area contributed by atoms with Gasteiger partial charge in [-0.3, -0.25) is 9.69 Å². The SMILES string of the molecule is Cc1cc(C(=O)CN2CCCC2C)c(C)s1. The molecule has 0 radical (unpaired) electrons. The van der Waals surface area contributed by atoms with Gasteiger partial charge in [0, 0.05) is 21.4 Å². The molecule has 1 aliphatic rings. The lowest BCUT2D eigenvalue weighted by Gasteiger charge is -2.19. The van der Waals surface area contributed by atoms with Gasteiger partial charge >= 0.3 is 0 Å². The number of rotatable bonds is 3. The molecule has 1 fully saturated rings. The number of likely N-dealkylation sites (tertiary alicyclic amines) is 1. The van der Waals surface area contributed by atoms with Gasteiger partial charge in [-0.1, -0.05) is 0 Å². The van der Waals surface area contributed by atoms with Gasteiger partial charge in [-0.2, -0.15) is 0 Å². The largest absolute Gasteiger partial charge is 0.293 e. The van der Waals surface area contributed by atoms with Gasteiger partial charge in [0.1, 0.15) is 0 Å². The van der Waals surface area contributed by atoms with Crippen LogP contribution in [0, 0.1) is 13.8 Å². The zero-order valence-corrected chi connectivity index (χ0v) is 11.1. The van der Waals surface area contributed by atoms with Crippen molar-refractivity contribution in [2.75, 3.05) is 13.1 Å². The molecule has 1 saturated heterocycles. The molecule has 1 aromatic heterocycles. The molecule has 1 unspecified atom stereocenters. The van der Waals surface area contributed by atoms with Crippen molar-refractivity contribution in [3.8, 4) is 0 Å². The maximum Gasteiger partial charge on any atom is 0.177 e. The van der Waals surface area contributed by atoms with E-state index in [9.17, 15) is 4.79 Å². The van der Waals surface area contributed by atoms with Crippen LogP contribution in [0.2, 0.25) is 0 Å². The maximum absolute atomic E-state index is 12.1. The first kappa shape index (κ1) is 11.8. The molecule has 0 amide bonds. The topological polar surface area (TPSA) is 20.3 Å². The number of ketones is 1. The summed E-state index contributed by atoms with van der Waals surface area (Å²) in [5, 5.41) is 0. The number of aryl methyl sites for hydroxylation is 2. The van der Waals surface area contributed by atoms with Gasteiger partial charge in [-0.25, -0.2) is 0 Å². The number of carbonyl (C=O) groups excluding carboxylic acids is 1. The Labute approximate surface area is 101 Å². The lowest BCUT2D eigenvalue weighted by Crippen LogP contribution is -2.32. The van der Waals surface area contributed by atoms with Crippen molar-refractivity contribution in [2.24, 2.45) is 0 Å². The maximum atomic E-state index is 12.1. The lowest BCUT2D eigenvalue weighted by molar-refractivity contribution is 0.0926. The van der Waals surface area contributed by atoms with Crippen molar-refractivity contribution in [3.05, 3.63) is 21.4 Å². The third kappa shape index (κ3) is 2.36. The Balaban J connectivity index is 2.05. The highest BCUT2D eigenvalue weighted by Gasteiger charge is 2.23. The summed E-state index contributed by atoms with van der Waals surface area (Å²) in [6.07, 6.45) is 2.46. The van der Waals surface area contributed by atoms with Crippen molar-refractivity contribution in [1.29, 1.82) is 0 Å². The number of thiophene rings is 1. The average Bonchev–Trinajstić information content (AvgIpc) is 2.74. The first-order valence-electron chi connectivity index (χ1n) is 5.92. The second-order valence-electron chi connectivity index (χ2n) is 4.71. The molecule has 1 aliphatic heterocycles. The van der Waals surface area contributed by atoms with E-state index in [0.717, 1.165) is 17.0 Å². The first-order valence-corrected chi connectivity index (χ1v) is 6.74. The van der Waals surface area contributed by atoms with Crippen molar-refractivity contribution in [2.45, 2.75) is 39.7 Å². The van der Waals surface area contributed by atoms with Gasteiger partial charge in [-0.05, 0) is 46.2 Å². The number of hydrogen-bond acceptors (Lipinski definition) is 3. The van der Waals surface area contributed by atoms with Gasteiger partial charge in [0.2, 0.25) is 0 Å². The van der Waals surface area contributed by atoms with Crippen molar-refractivity contribution in [3.63, 3.8) is 0 Å². The molecule has 88 valence electrons. The van der Waals surface area contributed by atoms with E-state index in [1.165, 1.54) is 17.7 Å². The molecular formula is C13H19NOS. The molecule has 2 nitrogen and oxygen atoms in total. The molecule has 0 bridgehead atoms. The van der Waals surface area contributed by atoms with E-state index in [2.05, 4.69) is 18.7 Å². The van der Waals surface area contributed by atoms with E-state index >= 15 is 0 Å². The van der Waals surface area contributed by atoms with E-state index in [1.807, 2.05) is 13.0 Å². The second-order valence-corrected chi connectivity index (χ2v) is 6.17. The van der Waals surface area contributed by atoms with E-state index in [1.54, 1.807) is 11.3 Å². The molecule has 0 aliphatic carbocycles. The Morgan fingerprint density at radius 3 is 2.81 bits per heavy atom. The lowest BCUT2D eigenvalue weighted by atomic mass is 10.1. The van der Waals surface area contributed by atoms with E-state index < -0.39 is 0 Å². The van der Waals surface area contributed by atoms with E-state index in [4.69, 9.17) is 0 Å². The van der Waals surface area contributed by atoms with Gasteiger partial charge in [0.25, 0.3) is 0 Å². The predicted molar refractivity (Wildman–Crippen MR) is 68.4 cm³/mol. The standard InChI is InChI=1S/C13H19NOS/c1-9-5-4-6-14(9)8-13(15)12-7-10(2)16-11(12)3/h7,9H,4-6,8H2,1-3H3. The molecular weight excluding hydrogens is 218 g/mol. The van der Waals surface area contributed by atoms with Gasteiger partial charge in [0.15, 0.2) is 5.78 Å². The highest BCUT2D eigenvalue weighted by Crippen LogP contribution is 2.23. The monoisotopic (exact) mass is 237 g/mol. The van der Waals surface area contributed by atoms with Crippen molar-refractivity contribution >= 4 is 17.1 Å². The Morgan fingerprint density at radius 1 is 1.56 bits per heavy atom. The van der Waals surface area contributed by atoms with Gasteiger partial charge in [-0.15, -0.1) is 11.3 Å². The Bertz CT molecular complexity index is 397. The first-order chi connectivity index (χ1) is 7.58. The Hall–Kier alpha value is -0.670. The van der Waals surface area contributed by atoms with Crippen LogP contribution in [0.4, 0.5) is 0 Å². The fraction of sp³-hybridized carbons (Fsp3) is 0.615. The summed E-state index contributed by atoms with van der Waals surface area (Å²) >= 11 is 1.72. The molecule has 2 heterocycles. The Kier molecular flexibility index (Phi) is 3.45. The zero-order valence-electron chi connectivity index (χ0n) is 10.2. The zero-order chi connectivity index (χ0) is 11.7. The van der Waals surface area contributed by atoms with E-state index in [0.29, 0.717) is 12.6 Å². The number of carbonyl (C=O) groups is 1. The van der Waals surface area contributed by atoms with Crippen LogP contribution >= 0.6 is 11.3 Å². The fourth-order valence-electron chi connectivity index (χ4n) is 2.40. The highest BCUT2D eigenvalue weighted by molar-refractivity contribution is 7.12. The third-order valence-electron chi connectivity index (χ3n) is 3.38. The minimum Gasteiger partial charge on any atom is -0.293 e. The molecule has 0 spiro atoms. The average molecular weight is 237 g/mol. The summed E-state index contributed by atoms with van der Waals surface area (Å²) < 4.78 is 0. The van der Waals surface area contributed by atoms with Crippen LogP contribution in [0.25, 0.3) is 0 Å². The summed E-state index contributed by atoms with van der Waals surface area (Å²) in [6, 6.07) is 2.60. The van der Waals surface area contributed by atoms with Crippen LogP contribution in [0.3, 0.4) is 0 Å². The predicted octanol–water partition coefficient (Wildman–Crippen LogP) is 3.03. The number of hydrogen-bond donors (Lipinski definition) is 0. The van der Waals surface area contributed by atoms with E-state index in [-0.39, 0.29) is 5.78 Å². The molecule has 2 rings (SSSR count). The van der Waals surface area contributed by atoms with Gasteiger partial charge in [0.05, 0.1) is 6.54 Å². The Morgan fingerprint density at radius 2 is 2.31 bits per heavy atom. The number of Topliss-reactive ketones (excluding diaryl/α,β-unsaturated/α-hetero) is 1. The molecule has 1 aromatic rings. The van der Waals surface area contributed by atoms with Crippen LogP contribution in [0.15, 0.2) is 6.07 Å². The highest BCUT2D eigenvalue weighted by atomic mass is 32.1. The summed E-state index contributed by atoms with van der Waals surface area (Å²) in [5.41, 5.74) is 0.932. The summed E-state index contributed by atoms with van der Waals surface area (Å²) in [5.74, 6) is 0.288. The van der Waals surface area contributed by atoms with Crippen LogP contribution in [-0.4, -0.2) is 29.8 Å². The summed E-state index contributed by atoms with van der Waals surface area (Å²) in [7, 11) is 0. The smallest absolute Gasteiger partial charge is 0.177 e. The molecule has 0 saturated carbocycles. The molecule has 0 aromatic carbocycles. The van der Waals surface area contributed by atoms with Crippen LogP contribution < -0.4 is 0 Å². The summed E-state index contributed by atoms with van der Waals surface area (Å²) in [6.45, 7) is 7.99.